The minimum absolute atomic E-state index is 0.215. The SMILES string of the molecule is C=CCOc1ccc(NC(=O)C(C)Oc2ccc(Br)cc2)cc1. The van der Waals surface area contributed by atoms with E-state index in [0.29, 0.717) is 18.0 Å². The van der Waals surface area contributed by atoms with Crippen LogP contribution < -0.4 is 14.8 Å². The molecule has 1 N–H and O–H groups in total. The first-order valence-corrected chi connectivity index (χ1v) is 7.94. The Balaban J connectivity index is 1.89. The van der Waals surface area contributed by atoms with Crippen molar-refractivity contribution in [3.05, 3.63) is 65.7 Å². The van der Waals surface area contributed by atoms with Gasteiger partial charge in [-0.2, -0.15) is 0 Å². The van der Waals surface area contributed by atoms with E-state index < -0.39 is 6.10 Å². The van der Waals surface area contributed by atoms with Crippen LogP contribution >= 0.6 is 15.9 Å². The molecular formula is C18H18BrNO3. The number of benzene rings is 2. The summed E-state index contributed by atoms with van der Waals surface area (Å²) in [6.45, 7) is 5.75. The molecule has 4 nitrogen and oxygen atoms in total. The Morgan fingerprint density at radius 2 is 1.78 bits per heavy atom. The Labute approximate surface area is 144 Å². The summed E-state index contributed by atoms with van der Waals surface area (Å²) in [6.07, 6.45) is 1.07. The summed E-state index contributed by atoms with van der Waals surface area (Å²) in [6, 6.07) is 14.5. The standard InChI is InChI=1S/C18H18BrNO3/c1-3-12-22-16-10-6-15(7-11-16)20-18(21)13(2)23-17-8-4-14(19)5-9-17/h3-11,13H,1,12H2,2H3,(H,20,21). The van der Waals surface area contributed by atoms with E-state index in [0.717, 1.165) is 10.2 Å². The lowest BCUT2D eigenvalue weighted by Gasteiger charge is -2.15. The van der Waals surface area contributed by atoms with Gasteiger partial charge in [-0.1, -0.05) is 28.6 Å². The molecule has 2 rings (SSSR count). The normalized spacial score (nSPS) is 11.4. The molecule has 0 aliphatic heterocycles. The van der Waals surface area contributed by atoms with Crippen LogP contribution in [-0.2, 0) is 4.79 Å². The summed E-state index contributed by atoms with van der Waals surface area (Å²) in [5.74, 6) is 1.15. The predicted molar refractivity (Wildman–Crippen MR) is 95.0 cm³/mol. The van der Waals surface area contributed by atoms with Crippen LogP contribution in [0.25, 0.3) is 0 Å². The number of halogens is 1. The highest BCUT2D eigenvalue weighted by molar-refractivity contribution is 9.10. The third kappa shape index (κ3) is 5.45. The van der Waals surface area contributed by atoms with Gasteiger partial charge in [-0.25, -0.2) is 0 Å². The Kier molecular flexibility index (Phi) is 6.23. The van der Waals surface area contributed by atoms with Crippen LogP contribution in [0.3, 0.4) is 0 Å². The van der Waals surface area contributed by atoms with E-state index in [-0.39, 0.29) is 5.91 Å². The van der Waals surface area contributed by atoms with Crippen molar-refractivity contribution in [2.45, 2.75) is 13.0 Å². The third-order valence-electron chi connectivity index (χ3n) is 2.99. The van der Waals surface area contributed by atoms with Gasteiger partial charge in [0.1, 0.15) is 18.1 Å². The van der Waals surface area contributed by atoms with Crippen molar-refractivity contribution in [3.63, 3.8) is 0 Å². The molecule has 120 valence electrons. The molecule has 1 amide bonds. The average molecular weight is 376 g/mol. The number of carbonyl (C=O) groups is 1. The molecule has 0 saturated carbocycles. The quantitative estimate of drug-likeness (QED) is 0.728. The summed E-state index contributed by atoms with van der Waals surface area (Å²) in [4.78, 5) is 12.2. The molecule has 0 saturated heterocycles. The lowest BCUT2D eigenvalue weighted by molar-refractivity contribution is -0.122. The number of anilines is 1. The van der Waals surface area contributed by atoms with Crippen LogP contribution in [0.15, 0.2) is 65.7 Å². The molecule has 0 fully saturated rings. The van der Waals surface area contributed by atoms with E-state index in [1.807, 2.05) is 12.1 Å². The lowest BCUT2D eigenvalue weighted by atomic mass is 10.2. The fourth-order valence-electron chi connectivity index (χ4n) is 1.80. The van der Waals surface area contributed by atoms with Gasteiger partial charge in [-0.05, 0) is 55.5 Å². The Hall–Kier alpha value is -2.27. The second-order valence-corrected chi connectivity index (χ2v) is 5.74. The summed E-state index contributed by atoms with van der Waals surface area (Å²) in [5, 5.41) is 2.81. The van der Waals surface area contributed by atoms with E-state index in [2.05, 4.69) is 27.8 Å². The van der Waals surface area contributed by atoms with Crippen LogP contribution in [0.2, 0.25) is 0 Å². The molecule has 23 heavy (non-hydrogen) atoms. The number of rotatable bonds is 7. The van der Waals surface area contributed by atoms with Crippen molar-refractivity contribution < 1.29 is 14.3 Å². The Morgan fingerprint density at radius 3 is 2.39 bits per heavy atom. The van der Waals surface area contributed by atoms with Gasteiger partial charge >= 0.3 is 0 Å². The maximum absolute atomic E-state index is 12.2. The van der Waals surface area contributed by atoms with Crippen LogP contribution in [0.4, 0.5) is 5.69 Å². The van der Waals surface area contributed by atoms with Crippen LogP contribution in [0.5, 0.6) is 11.5 Å². The molecule has 0 radical (unpaired) electrons. The summed E-state index contributed by atoms with van der Waals surface area (Å²) >= 11 is 3.36. The van der Waals surface area contributed by atoms with Crippen molar-refractivity contribution in [2.24, 2.45) is 0 Å². The fourth-order valence-corrected chi connectivity index (χ4v) is 2.07. The van der Waals surface area contributed by atoms with Crippen molar-refractivity contribution in [2.75, 3.05) is 11.9 Å². The van der Waals surface area contributed by atoms with Gasteiger partial charge in [0, 0.05) is 10.2 Å². The van der Waals surface area contributed by atoms with Crippen LogP contribution in [-0.4, -0.2) is 18.6 Å². The highest BCUT2D eigenvalue weighted by atomic mass is 79.9. The van der Waals surface area contributed by atoms with Gasteiger partial charge in [0.15, 0.2) is 6.10 Å². The van der Waals surface area contributed by atoms with Gasteiger partial charge in [0.25, 0.3) is 5.91 Å². The molecule has 0 aliphatic rings. The minimum Gasteiger partial charge on any atom is -0.490 e. The Bertz CT molecular complexity index is 653. The second-order valence-electron chi connectivity index (χ2n) is 4.83. The van der Waals surface area contributed by atoms with Gasteiger partial charge in [-0.15, -0.1) is 0 Å². The number of hydrogen-bond acceptors (Lipinski definition) is 3. The number of hydrogen-bond donors (Lipinski definition) is 1. The molecular weight excluding hydrogens is 358 g/mol. The van der Waals surface area contributed by atoms with Crippen molar-refractivity contribution in [1.82, 2.24) is 0 Å². The van der Waals surface area contributed by atoms with E-state index in [1.54, 1.807) is 49.4 Å². The van der Waals surface area contributed by atoms with Gasteiger partial charge in [0.05, 0.1) is 0 Å². The predicted octanol–water partition coefficient (Wildman–Crippen LogP) is 4.42. The molecule has 0 aliphatic carbocycles. The number of amides is 1. The maximum atomic E-state index is 12.2. The van der Waals surface area contributed by atoms with Crippen LogP contribution in [0, 0.1) is 0 Å². The number of ether oxygens (including phenoxy) is 2. The number of carbonyl (C=O) groups excluding carboxylic acids is 1. The zero-order valence-corrected chi connectivity index (χ0v) is 14.4. The smallest absolute Gasteiger partial charge is 0.265 e. The monoisotopic (exact) mass is 375 g/mol. The zero-order chi connectivity index (χ0) is 16.7. The molecule has 1 unspecified atom stereocenters. The lowest BCUT2D eigenvalue weighted by Crippen LogP contribution is -2.30. The summed E-state index contributed by atoms with van der Waals surface area (Å²) in [7, 11) is 0. The van der Waals surface area contributed by atoms with Gasteiger partial charge in [0.2, 0.25) is 0 Å². The molecule has 2 aromatic rings. The molecule has 1 atom stereocenters. The average Bonchev–Trinajstić information content (AvgIpc) is 2.56. The highest BCUT2D eigenvalue weighted by Gasteiger charge is 2.14. The molecule has 0 bridgehead atoms. The third-order valence-corrected chi connectivity index (χ3v) is 3.51. The topological polar surface area (TPSA) is 47.6 Å². The number of nitrogens with one attached hydrogen (secondary N) is 1. The van der Waals surface area contributed by atoms with Crippen molar-refractivity contribution >= 4 is 27.5 Å². The van der Waals surface area contributed by atoms with Crippen molar-refractivity contribution in [3.8, 4) is 11.5 Å². The minimum atomic E-state index is -0.604. The van der Waals surface area contributed by atoms with Gasteiger partial charge < -0.3 is 14.8 Å². The first-order valence-electron chi connectivity index (χ1n) is 7.15. The Morgan fingerprint density at radius 1 is 1.17 bits per heavy atom. The molecule has 5 heteroatoms. The summed E-state index contributed by atoms with van der Waals surface area (Å²) in [5.41, 5.74) is 0.687. The van der Waals surface area contributed by atoms with Gasteiger partial charge in [-0.3, -0.25) is 4.79 Å². The largest absolute Gasteiger partial charge is 0.490 e. The fraction of sp³-hybridized carbons (Fsp3) is 0.167. The van der Waals surface area contributed by atoms with Crippen LogP contribution in [0.1, 0.15) is 6.92 Å². The van der Waals surface area contributed by atoms with Crippen molar-refractivity contribution in [1.29, 1.82) is 0 Å². The van der Waals surface area contributed by atoms with E-state index >= 15 is 0 Å². The highest BCUT2D eigenvalue weighted by Crippen LogP contribution is 2.19. The van der Waals surface area contributed by atoms with E-state index in [1.165, 1.54) is 0 Å². The zero-order valence-electron chi connectivity index (χ0n) is 12.8. The molecule has 2 aromatic carbocycles. The van der Waals surface area contributed by atoms with E-state index in [9.17, 15) is 4.79 Å². The first-order chi connectivity index (χ1) is 11.1. The molecule has 0 spiro atoms. The van der Waals surface area contributed by atoms with E-state index in [4.69, 9.17) is 9.47 Å². The molecule has 0 heterocycles. The second kappa shape index (κ2) is 8.39. The first kappa shape index (κ1) is 17.1. The summed E-state index contributed by atoms with van der Waals surface area (Å²) < 4.78 is 12.0. The molecule has 0 aromatic heterocycles. The maximum Gasteiger partial charge on any atom is 0.265 e.